The van der Waals surface area contributed by atoms with Gasteiger partial charge in [0.1, 0.15) is 6.61 Å². The summed E-state index contributed by atoms with van der Waals surface area (Å²) in [5, 5.41) is 0. The molecule has 1 heterocycles. The smallest absolute Gasteiger partial charge is 0.379 e. The number of aromatic nitrogens is 1. The number of hydrogen-bond acceptors (Lipinski definition) is 8. The Hall–Kier alpha value is -0.940. The van der Waals surface area contributed by atoms with E-state index >= 15 is 0 Å². The third-order valence-electron chi connectivity index (χ3n) is 5.99. The number of pyridine rings is 1. The van der Waals surface area contributed by atoms with Crippen molar-refractivity contribution in [2.24, 2.45) is 0 Å². The van der Waals surface area contributed by atoms with Crippen LogP contribution in [0.25, 0.3) is 0 Å². The number of hydrogen-bond donors (Lipinski definition) is 1. The lowest BCUT2D eigenvalue weighted by atomic mass is 10.1. The van der Waals surface area contributed by atoms with Crippen LogP contribution in [0.5, 0.6) is 0 Å². The zero-order valence-corrected chi connectivity index (χ0v) is 25.7. The molecular formula is C29H55NO9P+. The third-order valence-corrected chi connectivity index (χ3v) is 7.01. The standard InChI is InChI=1S/C29H54NO9P/c1-2-3-4-5-6-7-8-9-10-14-18-33-20-21-34-22-23-35-24-25-36-26-27-37-28-29-39-40(31,32)38-19-17-30-15-12-11-13-16-30/h11-13,15-16H,2-10,14,17-29H2,1H3/p+1. The fourth-order valence-electron chi connectivity index (χ4n) is 3.77. The molecule has 1 atom stereocenters. The van der Waals surface area contributed by atoms with Gasteiger partial charge in [-0.25, -0.2) is 9.13 Å². The lowest BCUT2D eigenvalue weighted by molar-refractivity contribution is -0.697. The van der Waals surface area contributed by atoms with Crippen molar-refractivity contribution in [1.82, 2.24) is 0 Å². The van der Waals surface area contributed by atoms with E-state index in [4.69, 9.17) is 32.7 Å². The van der Waals surface area contributed by atoms with Crippen molar-refractivity contribution in [3.05, 3.63) is 30.6 Å². The van der Waals surface area contributed by atoms with Crippen LogP contribution in [0.4, 0.5) is 0 Å². The summed E-state index contributed by atoms with van der Waals surface area (Å²) in [7, 11) is -4.09. The molecule has 0 saturated carbocycles. The Balaban J connectivity index is 1.71. The predicted molar refractivity (Wildman–Crippen MR) is 154 cm³/mol. The molecule has 0 bridgehead atoms. The van der Waals surface area contributed by atoms with Gasteiger partial charge in [0.25, 0.3) is 0 Å². The minimum atomic E-state index is -4.09. The van der Waals surface area contributed by atoms with E-state index in [2.05, 4.69) is 6.92 Å². The molecule has 1 rings (SSSR count). The molecule has 0 aliphatic heterocycles. The lowest BCUT2D eigenvalue weighted by Crippen LogP contribution is -2.34. The first-order valence-corrected chi connectivity index (χ1v) is 16.6. The Morgan fingerprint density at radius 3 is 1.43 bits per heavy atom. The van der Waals surface area contributed by atoms with Crippen LogP contribution < -0.4 is 4.57 Å². The van der Waals surface area contributed by atoms with Gasteiger partial charge in [0.2, 0.25) is 0 Å². The molecule has 0 amide bonds. The highest BCUT2D eigenvalue weighted by Gasteiger charge is 2.21. The highest BCUT2D eigenvalue weighted by Crippen LogP contribution is 2.42. The van der Waals surface area contributed by atoms with Gasteiger partial charge in [0.15, 0.2) is 18.9 Å². The van der Waals surface area contributed by atoms with Crippen LogP contribution in [0.2, 0.25) is 0 Å². The van der Waals surface area contributed by atoms with Crippen molar-refractivity contribution in [1.29, 1.82) is 0 Å². The maximum atomic E-state index is 11.8. The molecule has 0 aliphatic rings. The minimum Gasteiger partial charge on any atom is -0.379 e. The number of phosphoric acid groups is 1. The molecule has 234 valence electrons. The summed E-state index contributed by atoms with van der Waals surface area (Å²) in [6.07, 6.45) is 17.0. The first-order valence-electron chi connectivity index (χ1n) is 15.1. The first kappa shape index (κ1) is 37.1. The largest absolute Gasteiger partial charge is 0.472 e. The van der Waals surface area contributed by atoms with Gasteiger partial charge in [-0.05, 0) is 6.42 Å². The molecule has 1 unspecified atom stereocenters. The lowest BCUT2D eigenvalue weighted by Gasteiger charge is -2.11. The second-order valence-electron chi connectivity index (χ2n) is 9.49. The molecule has 1 aromatic heterocycles. The molecule has 0 aromatic carbocycles. The van der Waals surface area contributed by atoms with Crippen LogP contribution in [0, 0.1) is 0 Å². The van der Waals surface area contributed by atoms with Crippen LogP contribution >= 0.6 is 7.82 Å². The van der Waals surface area contributed by atoms with E-state index in [0.717, 1.165) is 13.0 Å². The second-order valence-corrected chi connectivity index (χ2v) is 10.9. The van der Waals surface area contributed by atoms with Crippen molar-refractivity contribution in [3.8, 4) is 0 Å². The molecule has 1 N–H and O–H groups in total. The summed E-state index contributed by atoms with van der Waals surface area (Å²) in [4.78, 5) is 9.67. The van der Waals surface area contributed by atoms with Gasteiger partial charge >= 0.3 is 7.82 Å². The first-order chi connectivity index (χ1) is 19.6. The Bertz CT molecular complexity index is 699. The van der Waals surface area contributed by atoms with Crippen molar-refractivity contribution in [2.75, 3.05) is 79.3 Å². The number of unbranched alkanes of at least 4 members (excludes halogenated alkanes) is 9. The van der Waals surface area contributed by atoms with Gasteiger partial charge in [0.05, 0.1) is 66.1 Å². The molecule has 0 fully saturated rings. The van der Waals surface area contributed by atoms with Crippen molar-refractivity contribution in [2.45, 2.75) is 77.7 Å². The monoisotopic (exact) mass is 592 g/mol. The van der Waals surface area contributed by atoms with E-state index in [1.54, 1.807) is 0 Å². The van der Waals surface area contributed by atoms with Crippen LogP contribution in [0.1, 0.15) is 71.1 Å². The topological polar surface area (TPSA) is 106 Å². The number of phosphoric ester groups is 1. The normalized spacial score (nSPS) is 13.1. The molecule has 1 aromatic rings. The van der Waals surface area contributed by atoms with E-state index < -0.39 is 7.82 Å². The summed E-state index contributed by atoms with van der Waals surface area (Å²) in [6.45, 7) is 7.68. The second kappa shape index (κ2) is 28.2. The van der Waals surface area contributed by atoms with Gasteiger partial charge in [-0.1, -0.05) is 70.8 Å². The number of ether oxygens (including phenoxy) is 5. The molecular weight excluding hydrogens is 537 g/mol. The maximum Gasteiger partial charge on any atom is 0.472 e. The molecule has 0 saturated heterocycles. The summed E-state index contributed by atoms with van der Waals surface area (Å²) in [5.41, 5.74) is 0. The van der Waals surface area contributed by atoms with Gasteiger partial charge in [-0.3, -0.25) is 9.05 Å². The summed E-state index contributed by atoms with van der Waals surface area (Å²) in [6, 6.07) is 5.64. The zero-order valence-electron chi connectivity index (χ0n) is 24.8. The molecule has 0 radical (unpaired) electrons. The highest BCUT2D eigenvalue weighted by molar-refractivity contribution is 7.47. The fraction of sp³-hybridized carbons (Fsp3) is 0.828. The SMILES string of the molecule is CCCCCCCCCCCCOCCOCCOCCOCCOCCOP(=O)(O)OCC[n+]1ccccc1. The molecule has 0 aliphatic carbocycles. The maximum absolute atomic E-state index is 11.8. The Morgan fingerprint density at radius 1 is 0.525 bits per heavy atom. The third kappa shape index (κ3) is 26.0. The Kier molecular flexibility index (Phi) is 26.1. The van der Waals surface area contributed by atoms with Crippen molar-refractivity contribution in [3.63, 3.8) is 0 Å². The fourth-order valence-corrected chi connectivity index (χ4v) is 4.46. The van der Waals surface area contributed by atoms with Gasteiger partial charge in [-0.2, -0.15) is 0 Å². The molecule has 11 heteroatoms. The van der Waals surface area contributed by atoms with Crippen molar-refractivity contribution < 1.29 is 46.8 Å². The van der Waals surface area contributed by atoms with E-state index in [-0.39, 0.29) is 19.8 Å². The Labute approximate surface area is 242 Å². The molecule has 40 heavy (non-hydrogen) atoms. The Morgan fingerprint density at radius 2 is 0.925 bits per heavy atom. The average Bonchev–Trinajstić information content (AvgIpc) is 2.95. The molecule has 0 spiro atoms. The van der Waals surface area contributed by atoms with E-state index in [1.165, 1.54) is 57.8 Å². The van der Waals surface area contributed by atoms with E-state index in [0.29, 0.717) is 59.4 Å². The number of nitrogens with zero attached hydrogens (tertiary/aromatic N) is 1. The average molecular weight is 593 g/mol. The predicted octanol–water partition coefficient (Wildman–Crippen LogP) is 5.11. The van der Waals surface area contributed by atoms with Gasteiger partial charge in [0, 0.05) is 18.7 Å². The highest BCUT2D eigenvalue weighted by atomic mass is 31.2. The summed E-state index contributed by atoms with van der Waals surface area (Å²) < 4.78 is 50.9. The van der Waals surface area contributed by atoms with Crippen LogP contribution in [0.3, 0.4) is 0 Å². The summed E-state index contributed by atoms with van der Waals surface area (Å²) >= 11 is 0. The van der Waals surface area contributed by atoms with Crippen LogP contribution in [-0.2, 0) is 43.8 Å². The van der Waals surface area contributed by atoms with Crippen LogP contribution in [-0.4, -0.2) is 84.2 Å². The van der Waals surface area contributed by atoms with Gasteiger partial charge in [-0.15, -0.1) is 0 Å². The van der Waals surface area contributed by atoms with E-state index in [9.17, 15) is 9.46 Å². The quantitative estimate of drug-likeness (QED) is 0.0715. The number of rotatable bonds is 31. The zero-order chi connectivity index (χ0) is 28.8. The minimum absolute atomic E-state index is 0.0419. The van der Waals surface area contributed by atoms with E-state index in [1.807, 2.05) is 35.2 Å². The van der Waals surface area contributed by atoms with Crippen LogP contribution in [0.15, 0.2) is 30.6 Å². The van der Waals surface area contributed by atoms with Crippen molar-refractivity contribution >= 4 is 7.82 Å². The molecule has 10 nitrogen and oxygen atoms in total. The van der Waals surface area contributed by atoms with Gasteiger partial charge < -0.3 is 28.6 Å². The summed E-state index contributed by atoms with van der Waals surface area (Å²) in [5.74, 6) is 0.